The normalized spacial score (nSPS) is 18.0. The monoisotopic (exact) mass is 402 g/mol. The molecule has 0 amide bonds. The van der Waals surface area contributed by atoms with Gasteiger partial charge < -0.3 is 4.43 Å². The van der Waals surface area contributed by atoms with Crippen LogP contribution in [-0.2, 0) is 22.7 Å². The fourth-order valence-corrected chi connectivity index (χ4v) is 4.04. The van der Waals surface area contributed by atoms with Gasteiger partial charge in [0.25, 0.3) is 0 Å². The molecule has 126 valence electrons. The number of hydrogen-bond acceptors (Lipinski definition) is 1. The summed E-state index contributed by atoms with van der Waals surface area (Å²) in [5, 5.41) is 0.233. The molecule has 1 aromatic rings. The van der Waals surface area contributed by atoms with Gasteiger partial charge in [-0.05, 0) is 29.3 Å². The Balaban J connectivity index is 0.00000127. The van der Waals surface area contributed by atoms with Crippen molar-refractivity contribution in [3.05, 3.63) is 29.8 Å². The molecule has 0 aliphatic heterocycles. The van der Waals surface area contributed by atoms with Crippen LogP contribution in [0.2, 0.25) is 18.1 Å². The minimum atomic E-state index is -1.79. The Bertz CT molecular complexity index is 490. The zero-order valence-electron chi connectivity index (χ0n) is 15.8. The standard InChI is InChI=1S/C19H31OSi.ClH.Zn/c1-18(2,3)21(5,6)20-17-13-9-8-12-16(17)19(4)14-10-7-11-15-19;;/h9,12-13H,7,10-11,14-15H2,1-6H3;1H;/q-1;;+2/p-1. The molecule has 0 bridgehead atoms. The molecule has 1 saturated carbocycles. The Labute approximate surface area is 158 Å². The van der Waals surface area contributed by atoms with E-state index in [9.17, 15) is 0 Å². The van der Waals surface area contributed by atoms with Crippen LogP contribution in [0.5, 0.6) is 5.75 Å². The van der Waals surface area contributed by atoms with Crippen molar-refractivity contribution in [2.24, 2.45) is 0 Å². The van der Waals surface area contributed by atoms with E-state index in [-0.39, 0.29) is 10.5 Å². The SMILES string of the molecule is CC1(c2c[c-]ccc2O[Si](C)(C)C(C)(C)C)CCCCC1.[Cl][Zn+]. The molecule has 4 heteroatoms. The van der Waals surface area contributed by atoms with Crippen LogP contribution in [0.4, 0.5) is 0 Å². The van der Waals surface area contributed by atoms with Crippen LogP contribution in [-0.4, -0.2) is 8.32 Å². The minimum absolute atomic E-state index is 0.233. The summed E-state index contributed by atoms with van der Waals surface area (Å²) in [7, 11) is 2.98. The summed E-state index contributed by atoms with van der Waals surface area (Å²) >= 11 is 0.847. The fraction of sp³-hybridized carbons (Fsp3) is 0.684. The summed E-state index contributed by atoms with van der Waals surface area (Å²) in [6, 6.07) is 9.59. The molecule has 0 saturated heterocycles. The second-order valence-corrected chi connectivity index (χ2v) is 13.1. The number of rotatable bonds is 3. The molecule has 2 rings (SSSR count). The van der Waals surface area contributed by atoms with E-state index in [1.807, 2.05) is 6.07 Å². The van der Waals surface area contributed by atoms with E-state index in [2.05, 4.69) is 59.0 Å². The van der Waals surface area contributed by atoms with E-state index in [0.717, 1.165) is 23.1 Å². The van der Waals surface area contributed by atoms with Gasteiger partial charge in [-0.25, -0.2) is 0 Å². The van der Waals surface area contributed by atoms with Crippen molar-refractivity contribution < 1.29 is 21.7 Å². The molecule has 1 aliphatic rings. The number of hydrogen-bond donors (Lipinski definition) is 0. The van der Waals surface area contributed by atoms with Gasteiger partial charge in [0.1, 0.15) is 0 Å². The molecule has 23 heavy (non-hydrogen) atoms. The van der Waals surface area contributed by atoms with E-state index in [4.69, 9.17) is 14.1 Å². The van der Waals surface area contributed by atoms with E-state index in [1.54, 1.807) is 0 Å². The predicted molar refractivity (Wildman–Crippen MR) is 99.4 cm³/mol. The zero-order valence-corrected chi connectivity index (χ0v) is 20.5. The van der Waals surface area contributed by atoms with Crippen LogP contribution in [0.3, 0.4) is 0 Å². The van der Waals surface area contributed by atoms with Crippen LogP contribution in [0.1, 0.15) is 65.4 Å². The molecule has 1 nitrogen and oxygen atoms in total. The third kappa shape index (κ3) is 5.31. The first-order valence-corrected chi connectivity index (χ1v) is 15.4. The maximum absolute atomic E-state index is 6.63. The van der Waals surface area contributed by atoms with Gasteiger partial charge in [-0.1, -0.05) is 59.8 Å². The fourth-order valence-electron chi connectivity index (χ4n) is 3.01. The van der Waals surface area contributed by atoms with Crippen molar-refractivity contribution in [1.29, 1.82) is 0 Å². The van der Waals surface area contributed by atoms with Crippen LogP contribution in [0.15, 0.2) is 18.2 Å². The van der Waals surface area contributed by atoms with Crippen LogP contribution in [0, 0.1) is 6.07 Å². The van der Waals surface area contributed by atoms with Gasteiger partial charge in [0.2, 0.25) is 8.32 Å². The van der Waals surface area contributed by atoms with Gasteiger partial charge >= 0.3 is 27.0 Å². The summed E-state index contributed by atoms with van der Waals surface area (Å²) in [6.45, 7) is 14.0. The summed E-state index contributed by atoms with van der Waals surface area (Å²) in [5.41, 5.74) is 1.66. The van der Waals surface area contributed by atoms with Gasteiger partial charge in [-0.3, -0.25) is 0 Å². The molecule has 1 aromatic carbocycles. The Morgan fingerprint density at radius 3 is 2.26 bits per heavy atom. The van der Waals surface area contributed by atoms with Crippen molar-refractivity contribution in [1.82, 2.24) is 0 Å². The molecule has 0 radical (unpaired) electrons. The molecule has 0 unspecified atom stereocenters. The molecule has 0 spiro atoms. The molecule has 1 aliphatic carbocycles. The average molecular weight is 404 g/mol. The first-order chi connectivity index (χ1) is 10.7. The quantitative estimate of drug-likeness (QED) is 0.399. The molecule has 0 aromatic heterocycles. The third-order valence-corrected chi connectivity index (χ3v) is 9.95. The van der Waals surface area contributed by atoms with Crippen molar-refractivity contribution in [2.75, 3.05) is 0 Å². The number of halogens is 1. The van der Waals surface area contributed by atoms with E-state index >= 15 is 0 Å². The molecule has 0 atom stereocenters. The Morgan fingerprint density at radius 2 is 1.74 bits per heavy atom. The van der Waals surface area contributed by atoms with E-state index in [0.29, 0.717) is 0 Å². The Morgan fingerprint density at radius 1 is 1.17 bits per heavy atom. The maximum atomic E-state index is 6.63. The summed E-state index contributed by atoms with van der Waals surface area (Å²) in [5.74, 6) is 1.12. The Kier molecular flexibility index (Phi) is 7.83. The van der Waals surface area contributed by atoms with Gasteiger partial charge in [-0.15, -0.1) is 11.6 Å². The molecular weight excluding hydrogens is 373 g/mol. The van der Waals surface area contributed by atoms with Crippen molar-refractivity contribution >= 4 is 18.0 Å². The number of benzene rings is 1. The van der Waals surface area contributed by atoms with Crippen LogP contribution >= 0.6 is 9.69 Å². The summed E-state index contributed by atoms with van der Waals surface area (Å²) < 4.78 is 6.63. The molecule has 1 fully saturated rings. The topological polar surface area (TPSA) is 9.23 Å². The van der Waals surface area contributed by atoms with E-state index in [1.165, 1.54) is 37.7 Å². The summed E-state index contributed by atoms with van der Waals surface area (Å²) in [4.78, 5) is 0. The van der Waals surface area contributed by atoms with Gasteiger partial charge in [0.05, 0.1) is 0 Å². The van der Waals surface area contributed by atoms with Gasteiger partial charge in [0.15, 0.2) is 0 Å². The summed E-state index contributed by atoms with van der Waals surface area (Å²) in [6.07, 6.45) is 6.61. The van der Waals surface area contributed by atoms with E-state index < -0.39 is 8.32 Å². The molecule has 0 N–H and O–H groups in total. The van der Waals surface area contributed by atoms with Crippen molar-refractivity contribution in [2.45, 2.75) is 83.3 Å². The van der Waals surface area contributed by atoms with Crippen LogP contribution in [0.25, 0.3) is 0 Å². The average Bonchev–Trinajstić information content (AvgIpc) is 2.49. The second kappa shape index (κ2) is 8.50. The first kappa shape index (κ1) is 21.2. The Hall–Kier alpha value is 0.150. The van der Waals surface area contributed by atoms with Crippen molar-refractivity contribution in [3.8, 4) is 5.75 Å². The third-order valence-electron chi connectivity index (χ3n) is 5.60. The van der Waals surface area contributed by atoms with Crippen LogP contribution < -0.4 is 4.43 Å². The van der Waals surface area contributed by atoms with Gasteiger partial charge in [-0.2, -0.15) is 18.2 Å². The first-order valence-electron chi connectivity index (χ1n) is 8.62. The zero-order chi connectivity index (χ0) is 17.7. The second-order valence-electron chi connectivity index (χ2n) is 8.41. The van der Waals surface area contributed by atoms with Crippen molar-refractivity contribution in [3.63, 3.8) is 0 Å². The molecule has 0 heterocycles. The predicted octanol–water partition coefficient (Wildman–Crippen LogP) is 6.78. The molecular formula is C19H31ClOSiZn. The van der Waals surface area contributed by atoms with Gasteiger partial charge in [0, 0.05) is 0 Å².